The number of anilines is 1. The van der Waals surface area contributed by atoms with E-state index in [1.165, 1.54) is 14.2 Å². The molecule has 23 heavy (non-hydrogen) atoms. The van der Waals surface area contributed by atoms with Crippen molar-refractivity contribution in [2.24, 2.45) is 0 Å². The monoisotopic (exact) mass is 317 g/mol. The summed E-state index contributed by atoms with van der Waals surface area (Å²) in [6, 6.07) is 7.05. The van der Waals surface area contributed by atoms with E-state index in [0.29, 0.717) is 22.9 Å². The van der Waals surface area contributed by atoms with E-state index in [-0.39, 0.29) is 11.3 Å². The largest absolute Gasteiger partial charge is 0.496 e. The predicted octanol–water partition coefficient (Wildman–Crippen LogP) is 3.37. The number of hydrogen-bond acceptors (Lipinski definition) is 4. The van der Waals surface area contributed by atoms with Crippen LogP contribution in [0.15, 0.2) is 24.3 Å². The molecule has 2 N–H and O–H groups in total. The first-order valence-corrected chi connectivity index (χ1v) is 7.51. The number of aromatic amines is 1. The number of hydrogen-bond donors (Lipinski definition) is 2. The molecule has 1 amide bonds. The highest BCUT2D eigenvalue weighted by Crippen LogP contribution is 2.30. The summed E-state index contributed by atoms with van der Waals surface area (Å²) in [6.07, 6.45) is 0.961. The van der Waals surface area contributed by atoms with Gasteiger partial charge in [0.05, 0.1) is 14.2 Å². The molecule has 0 saturated carbocycles. The molecule has 0 aliphatic heterocycles. The Labute approximate surface area is 136 Å². The van der Waals surface area contributed by atoms with E-state index in [9.17, 15) is 4.79 Å². The fraction of sp³-hybridized carbons (Fsp3) is 0.412. The summed E-state index contributed by atoms with van der Waals surface area (Å²) in [4.78, 5) is 12.6. The third-order valence-corrected chi connectivity index (χ3v) is 4.09. The molecule has 1 aromatic heterocycles. The highest BCUT2D eigenvalue weighted by Gasteiger charge is 2.23. The first kappa shape index (κ1) is 16.9. The number of nitrogens with zero attached hydrogens (tertiary/aromatic N) is 1. The van der Waals surface area contributed by atoms with Gasteiger partial charge in [0.25, 0.3) is 5.91 Å². The molecule has 0 fully saturated rings. The lowest BCUT2D eigenvalue weighted by atomic mass is 9.87. The van der Waals surface area contributed by atoms with Crippen molar-refractivity contribution in [1.82, 2.24) is 10.2 Å². The van der Waals surface area contributed by atoms with Gasteiger partial charge in [0.2, 0.25) is 0 Å². The molecule has 0 unspecified atom stereocenters. The zero-order valence-electron chi connectivity index (χ0n) is 14.2. The lowest BCUT2D eigenvalue weighted by Gasteiger charge is -2.19. The number of ether oxygens (including phenoxy) is 2. The van der Waals surface area contributed by atoms with Gasteiger partial charge in [-0.25, -0.2) is 0 Å². The van der Waals surface area contributed by atoms with Gasteiger partial charge in [0, 0.05) is 17.2 Å². The van der Waals surface area contributed by atoms with E-state index in [0.717, 1.165) is 12.1 Å². The summed E-state index contributed by atoms with van der Waals surface area (Å²) in [5.74, 6) is 1.05. The van der Waals surface area contributed by atoms with Crippen molar-refractivity contribution >= 4 is 11.7 Å². The van der Waals surface area contributed by atoms with Crippen LogP contribution in [0.25, 0.3) is 0 Å². The standard InChI is InChI=1S/C17H23N3O3/c1-6-17(2,3)13-10-14(20-19-13)18-16(21)15-11(22-4)8-7-9-12(15)23-5/h7-10H,6H2,1-5H3,(H2,18,19,20,21). The van der Waals surface area contributed by atoms with E-state index < -0.39 is 0 Å². The number of aromatic nitrogens is 2. The van der Waals surface area contributed by atoms with Crippen LogP contribution in [0.2, 0.25) is 0 Å². The maximum Gasteiger partial charge on any atom is 0.264 e. The fourth-order valence-electron chi connectivity index (χ4n) is 2.18. The number of benzene rings is 1. The Morgan fingerprint density at radius 2 is 1.87 bits per heavy atom. The van der Waals surface area contributed by atoms with Crippen LogP contribution in [0.3, 0.4) is 0 Å². The SMILES string of the molecule is CCC(C)(C)c1cc(NC(=O)c2c(OC)cccc2OC)n[nH]1. The molecular formula is C17H23N3O3. The van der Waals surface area contributed by atoms with Crippen LogP contribution >= 0.6 is 0 Å². The minimum absolute atomic E-state index is 0.0297. The van der Waals surface area contributed by atoms with Gasteiger partial charge in [-0.05, 0) is 18.6 Å². The van der Waals surface area contributed by atoms with Gasteiger partial charge in [0.1, 0.15) is 17.1 Å². The number of amides is 1. The maximum absolute atomic E-state index is 12.6. The number of nitrogens with one attached hydrogen (secondary N) is 2. The fourth-order valence-corrected chi connectivity index (χ4v) is 2.18. The lowest BCUT2D eigenvalue weighted by molar-refractivity contribution is 0.102. The molecule has 0 aliphatic rings. The van der Waals surface area contributed by atoms with E-state index in [1.807, 2.05) is 6.07 Å². The molecule has 2 rings (SSSR count). The molecule has 0 aliphatic carbocycles. The Morgan fingerprint density at radius 3 is 2.39 bits per heavy atom. The van der Waals surface area contributed by atoms with Crippen LogP contribution in [0.4, 0.5) is 5.82 Å². The van der Waals surface area contributed by atoms with Gasteiger partial charge < -0.3 is 14.8 Å². The normalized spacial score (nSPS) is 11.2. The van der Waals surface area contributed by atoms with E-state index in [1.54, 1.807) is 18.2 Å². The van der Waals surface area contributed by atoms with E-state index in [2.05, 4.69) is 36.3 Å². The molecule has 1 aromatic carbocycles. The second-order valence-electron chi connectivity index (χ2n) is 5.90. The van der Waals surface area contributed by atoms with Crippen molar-refractivity contribution in [3.8, 4) is 11.5 Å². The third-order valence-electron chi connectivity index (χ3n) is 4.09. The van der Waals surface area contributed by atoms with Crippen molar-refractivity contribution in [2.45, 2.75) is 32.6 Å². The highest BCUT2D eigenvalue weighted by atomic mass is 16.5. The average molecular weight is 317 g/mol. The Balaban J connectivity index is 2.27. The predicted molar refractivity (Wildman–Crippen MR) is 89.4 cm³/mol. The first-order valence-electron chi connectivity index (χ1n) is 7.51. The minimum atomic E-state index is -0.327. The molecule has 0 radical (unpaired) electrons. The average Bonchev–Trinajstić information content (AvgIpc) is 3.03. The molecule has 6 heteroatoms. The first-order chi connectivity index (χ1) is 10.9. The van der Waals surface area contributed by atoms with E-state index in [4.69, 9.17) is 9.47 Å². The van der Waals surface area contributed by atoms with Gasteiger partial charge >= 0.3 is 0 Å². The van der Waals surface area contributed by atoms with Crippen molar-refractivity contribution in [3.05, 3.63) is 35.5 Å². The summed E-state index contributed by atoms with van der Waals surface area (Å²) in [7, 11) is 3.03. The molecule has 0 saturated heterocycles. The molecule has 2 aromatic rings. The quantitative estimate of drug-likeness (QED) is 0.856. The zero-order valence-corrected chi connectivity index (χ0v) is 14.2. The Morgan fingerprint density at radius 1 is 1.26 bits per heavy atom. The van der Waals surface area contributed by atoms with Crippen LogP contribution in [0, 0.1) is 0 Å². The van der Waals surface area contributed by atoms with Gasteiger partial charge in [-0.1, -0.05) is 26.8 Å². The van der Waals surface area contributed by atoms with Crippen LogP contribution in [0.1, 0.15) is 43.2 Å². The topological polar surface area (TPSA) is 76.2 Å². The number of rotatable bonds is 6. The Bertz CT molecular complexity index is 670. The van der Waals surface area contributed by atoms with Gasteiger partial charge in [-0.2, -0.15) is 5.10 Å². The van der Waals surface area contributed by atoms with Crippen molar-refractivity contribution in [2.75, 3.05) is 19.5 Å². The van der Waals surface area contributed by atoms with Gasteiger partial charge in [-0.15, -0.1) is 0 Å². The summed E-state index contributed by atoms with van der Waals surface area (Å²) < 4.78 is 10.5. The van der Waals surface area contributed by atoms with Crippen LogP contribution in [-0.4, -0.2) is 30.3 Å². The summed E-state index contributed by atoms with van der Waals surface area (Å²) >= 11 is 0. The van der Waals surface area contributed by atoms with Gasteiger partial charge in [-0.3, -0.25) is 9.89 Å². The van der Waals surface area contributed by atoms with E-state index >= 15 is 0 Å². The number of carbonyl (C=O) groups excluding carboxylic acids is 1. The van der Waals surface area contributed by atoms with Crippen molar-refractivity contribution < 1.29 is 14.3 Å². The molecule has 6 nitrogen and oxygen atoms in total. The molecule has 124 valence electrons. The zero-order chi connectivity index (χ0) is 17.0. The molecule has 0 atom stereocenters. The molecule has 0 bridgehead atoms. The summed E-state index contributed by atoms with van der Waals surface area (Å²) in [5.41, 5.74) is 1.29. The van der Waals surface area contributed by atoms with Crippen LogP contribution in [-0.2, 0) is 5.41 Å². The summed E-state index contributed by atoms with van der Waals surface area (Å²) in [6.45, 7) is 6.35. The Kier molecular flexibility index (Phi) is 4.93. The molecule has 1 heterocycles. The second-order valence-corrected chi connectivity index (χ2v) is 5.90. The number of methoxy groups -OCH3 is 2. The third kappa shape index (κ3) is 3.47. The maximum atomic E-state index is 12.6. The van der Waals surface area contributed by atoms with Crippen LogP contribution in [0.5, 0.6) is 11.5 Å². The number of H-pyrrole nitrogens is 1. The Hall–Kier alpha value is -2.50. The number of carbonyl (C=O) groups is 1. The molecule has 0 spiro atoms. The second kappa shape index (κ2) is 6.73. The van der Waals surface area contributed by atoms with Crippen LogP contribution < -0.4 is 14.8 Å². The van der Waals surface area contributed by atoms with Crippen molar-refractivity contribution in [1.29, 1.82) is 0 Å². The lowest BCUT2D eigenvalue weighted by Crippen LogP contribution is -2.16. The highest BCUT2D eigenvalue weighted by molar-refractivity contribution is 6.07. The smallest absolute Gasteiger partial charge is 0.264 e. The van der Waals surface area contributed by atoms with Crippen molar-refractivity contribution in [3.63, 3.8) is 0 Å². The van der Waals surface area contributed by atoms with Gasteiger partial charge in [0.15, 0.2) is 5.82 Å². The minimum Gasteiger partial charge on any atom is -0.496 e. The molecular weight excluding hydrogens is 294 g/mol. The summed E-state index contributed by atoms with van der Waals surface area (Å²) in [5, 5.41) is 9.94.